The lowest BCUT2D eigenvalue weighted by Crippen LogP contribution is -2.23. The van der Waals surface area contributed by atoms with Crippen LogP contribution in [0, 0.1) is 0 Å². The maximum atomic E-state index is 10.6. The number of nitrogens with two attached hydrogens (primary N) is 2. The monoisotopic (exact) mass is 395 g/mol. The summed E-state index contributed by atoms with van der Waals surface area (Å²) in [5, 5.41) is 3.35. The molecule has 0 heterocycles. The van der Waals surface area contributed by atoms with Crippen molar-refractivity contribution in [2.24, 2.45) is 11.5 Å². The number of amides is 1. The van der Waals surface area contributed by atoms with Crippen LogP contribution in [0.1, 0.15) is 116 Å². The minimum absolute atomic E-state index is 0.160. The van der Waals surface area contributed by atoms with Crippen LogP contribution in [0.15, 0.2) is 12.2 Å². The summed E-state index contributed by atoms with van der Waals surface area (Å²) in [6.45, 7) is 2.82. The van der Waals surface area contributed by atoms with Gasteiger partial charge in [-0.3, -0.25) is 4.79 Å². The molecule has 1 amide bonds. The zero-order valence-corrected chi connectivity index (χ0v) is 18.6. The molecule has 166 valence electrons. The third-order valence-electron chi connectivity index (χ3n) is 5.26. The summed E-state index contributed by atoms with van der Waals surface area (Å²) in [7, 11) is 0. The molecule has 0 aromatic heterocycles. The first-order chi connectivity index (χ1) is 13.8. The molecule has 4 nitrogen and oxygen atoms in total. The van der Waals surface area contributed by atoms with Crippen LogP contribution < -0.4 is 16.8 Å². The first kappa shape index (κ1) is 27.1. The fourth-order valence-corrected chi connectivity index (χ4v) is 3.48. The number of primary amides is 1. The molecule has 0 aromatic rings. The van der Waals surface area contributed by atoms with Crippen molar-refractivity contribution in [2.45, 2.75) is 116 Å². The van der Waals surface area contributed by atoms with Crippen molar-refractivity contribution < 1.29 is 4.79 Å². The third-order valence-corrected chi connectivity index (χ3v) is 5.26. The fraction of sp³-hybridized carbons (Fsp3) is 0.875. The van der Waals surface area contributed by atoms with Gasteiger partial charge in [0.15, 0.2) is 0 Å². The number of allylic oxidation sites excluding steroid dienone is 2. The molecule has 0 radical (unpaired) electrons. The van der Waals surface area contributed by atoms with Crippen LogP contribution in [0.4, 0.5) is 0 Å². The van der Waals surface area contributed by atoms with E-state index in [1.165, 1.54) is 96.3 Å². The molecule has 5 N–H and O–H groups in total. The van der Waals surface area contributed by atoms with Crippen LogP contribution in [0.25, 0.3) is 0 Å². The Kier molecular flexibility index (Phi) is 23.4. The van der Waals surface area contributed by atoms with E-state index in [0.717, 1.165) is 32.5 Å². The van der Waals surface area contributed by atoms with Crippen molar-refractivity contribution in [3.63, 3.8) is 0 Å². The fourth-order valence-electron chi connectivity index (χ4n) is 3.48. The van der Waals surface area contributed by atoms with E-state index in [9.17, 15) is 4.79 Å². The van der Waals surface area contributed by atoms with E-state index in [4.69, 9.17) is 11.5 Å². The normalized spacial score (nSPS) is 11.5. The molecule has 28 heavy (non-hydrogen) atoms. The van der Waals surface area contributed by atoms with Crippen molar-refractivity contribution in [1.82, 2.24) is 5.32 Å². The van der Waals surface area contributed by atoms with E-state index in [1.54, 1.807) is 0 Å². The van der Waals surface area contributed by atoms with E-state index in [2.05, 4.69) is 17.5 Å². The molecule has 4 heteroatoms. The smallest absolute Gasteiger partial charge is 0.217 e. The maximum Gasteiger partial charge on any atom is 0.217 e. The average molecular weight is 396 g/mol. The van der Waals surface area contributed by atoms with Gasteiger partial charge in [-0.1, -0.05) is 82.8 Å². The zero-order valence-electron chi connectivity index (χ0n) is 18.6. The molecule has 0 bridgehead atoms. The second kappa shape index (κ2) is 24.2. The lowest BCUT2D eigenvalue weighted by Gasteiger charge is -2.03. The number of carbonyl (C=O) groups excluding carboxylic acids is 1. The van der Waals surface area contributed by atoms with Gasteiger partial charge in [0.2, 0.25) is 5.91 Å². The van der Waals surface area contributed by atoms with Gasteiger partial charge in [-0.05, 0) is 45.1 Å². The van der Waals surface area contributed by atoms with E-state index >= 15 is 0 Å². The predicted octanol–water partition coefficient (Wildman–Crippen LogP) is 5.60. The highest BCUT2D eigenvalue weighted by molar-refractivity contribution is 5.73. The summed E-state index contributed by atoms with van der Waals surface area (Å²) in [5.74, 6) is -0.160. The van der Waals surface area contributed by atoms with Crippen molar-refractivity contribution in [1.29, 1.82) is 0 Å². The maximum absolute atomic E-state index is 10.6. The van der Waals surface area contributed by atoms with Crippen molar-refractivity contribution >= 4 is 5.91 Å². The van der Waals surface area contributed by atoms with Gasteiger partial charge >= 0.3 is 0 Å². The molecule has 0 unspecified atom stereocenters. The Morgan fingerprint density at radius 3 is 1.50 bits per heavy atom. The van der Waals surface area contributed by atoms with E-state index in [0.29, 0.717) is 6.42 Å². The molecule has 0 atom stereocenters. The topological polar surface area (TPSA) is 81.1 Å². The van der Waals surface area contributed by atoms with Gasteiger partial charge in [-0.2, -0.15) is 0 Å². The van der Waals surface area contributed by atoms with Crippen molar-refractivity contribution in [3.8, 4) is 0 Å². The van der Waals surface area contributed by atoms with Crippen LogP contribution >= 0.6 is 0 Å². The molecule has 0 aliphatic carbocycles. The number of hydrogen-bond donors (Lipinski definition) is 3. The molecule has 0 aliphatic heterocycles. The van der Waals surface area contributed by atoms with Crippen LogP contribution in [0.3, 0.4) is 0 Å². The van der Waals surface area contributed by atoms with Crippen LogP contribution in [0.2, 0.25) is 0 Å². The lowest BCUT2D eigenvalue weighted by atomic mass is 10.1. The average Bonchev–Trinajstić information content (AvgIpc) is 2.68. The van der Waals surface area contributed by atoms with Crippen molar-refractivity contribution in [3.05, 3.63) is 12.2 Å². The largest absolute Gasteiger partial charge is 0.370 e. The summed E-state index contributed by atoms with van der Waals surface area (Å²) >= 11 is 0. The minimum Gasteiger partial charge on any atom is -0.370 e. The quantitative estimate of drug-likeness (QED) is 0.156. The highest BCUT2D eigenvalue weighted by Gasteiger charge is 1.95. The highest BCUT2D eigenvalue weighted by Crippen LogP contribution is 2.12. The van der Waals surface area contributed by atoms with Gasteiger partial charge in [0.1, 0.15) is 0 Å². The first-order valence-electron chi connectivity index (χ1n) is 12.1. The summed E-state index contributed by atoms with van der Waals surface area (Å²) in [5.41, 5.74) is 10.6. The summed E-state index contributed by atoms with van der Waals surface area (Å²) in [6, 6.07) is 0. The Bertz CT molecular complexity index is 345. The Hall–Kier alpha value is -0.870. The van der Waals surface area contributed by atoms with Gasteiger partial charge in [-0.25, -0.2) is 0 Å². The molecule has 0 aromatic carbocycles. The third kappa shape index (κ3) is 25.1. The van der Waals surface area contributed by atoms with Gasteiger partial charge in [0, 0.05) is 19.5 Å². The zero-order chi connectivity index (χ0) is 20.5. The van der Waals surface area contributed by atoms with Crippen LogP contribution in [-0.2, 0) is 4.79 Å². The minimum atomic E-state index is -0.160. The van der Waals surface area contributed by atoms with Gasteiger partial charge in [-0.15, -0.1) is 0 Å². The summed E-state index contributed by atoms with van der Waals surface area (Å²) in [6.07, 6.45) is 27.4. The second-order valence-corrected chi connectivity index (χ2v) is 8.11. The summed E-state index contributed by atoms with van der Waals surface area (Å²) in [4.78, 5) is 10.6. The standard InChI is InChI=1S/C24H49N3O/c25-21-23-27-22-19-17-15-13-11-9-7-5-3-1-2-4-6-8-10-12-14-16-18-20-24(26)28/h3,5,27H,1-2,4,6-23,25H2,(H2,26,28). The Labute approximate surface area is 175 Å². The Morgan fingerprint density at radius 1 is 0.607 bits per heavy atom. The molecule has 0 saturated heterocycles. The number of hydrogen-bond acceptors (Lipinski definition) is 3. The molecular weight excluding hydrogens is 346 g/mol. The molecule has 0 rings (SSSR count). The predicted molar refractivity (Wildman–Crippen MR) is 123 cm³/mol. The molecule has 0 aliphatic rings. The molecular formula is C24H49N3O. The lowest BCUT2D eigenvalue weighted by molar-refractivity contribution is -0.118. The SMILES string of the molecule is NCCNCCCCCCCCC=CCCCCCCCCCCCC(N)=O. The highest BCUT2D eigenvalue weighted by atomic mass is 16.1. The molecule has 0 fully saturated rings. The second-order valence-electron chi connectivity index (χ2n) is 8.11. The number of carbonyl (C=O) groups is 1. The first-order valence-corrected chi connectivity index (χ1v) is 12.1. The van der Waals surface area contributed by atoms with Crippen molar-refractivity contribution in [2.75, 3.05) is 19.6 Å². The number of nitrogens with one attached hydrogen (secondary N) is 1. The van der Waals surface area contributed by atoms with Gasteiger partial charge < -0.3 is 16.8 Å². The Balaban J connectivity index is 3.08. The van der Waals surface area contributed by atoms with Crippen LogP contribution in [0.5, 0.6) is 0 Å². The van der Waals surface area contributed by atoms with Gasteiger partial charge in [0.25, 0.3) is 0 Å². The van der Waals surface area contributed by atoms with E-state index in [1.807, 2.05) is 0 Å². The van der Waals surface area contributed by atoms with Gasteiger partial charge in [0.05, 0.1) is 0 Å². The number of rotatable bonds is 23. The van der Waals surface area contributed by atoms with Crippen LogP contribution in [-0.4, -0.2) is 25.5 Å². The Morgan fingerprint density at radius 2 is 1.04 bits per heavy atom. The van der Waals surface area contributed by atoms with E-state index < -0.39 is 0 Å². The number of unbranched alkanes of at least 4 members (excludes halogenated alkanes) is 15. The summed E-state index contributed by atoms with van der Waals surface area (Å²) < 4.78 is 0. The molecule has 0 spiro atoms. The van der Waals surface area contributed by atoms with E-state index in [-0.39, 0.29) is 5.91 Å². The molecule has 0 saturated carbocycles.